The molecular formula is C23H31BrClF2N3O3Si. The highest BCUT2D eigenvalue weighted by Crippen LogP contribution is 2.37. The van der Waals surface area contributed by atoms with Gasteiger partial charge in [-0.15, -0.1) is 8.78 Å². The van der Waals surface area contributed by atoms with E-state index in [1.807, 2.05) is 6.92 Å². The molecule has 0 bridgehead atoms. The van der Waals surface area contributed by atoms with Gasteiger partial charge in [0.25, 0.3) is 5.91 Å². The number of benzene rings is 2. The topological polar surface area (TPSA) is 85.6 Å². The summed E-state index contributed by atoms with van der Waals surface area (Å²) in [7, 11) is -1.88. The number of amides is 1. The second kappa shape index (κ2) is 10.8. The Kier molecular flexibility index (Phi) is 9.01. The van der Waals surface area contributed by atoms with Crippen LogP contribution in [0.3, 0.4) is 0 Å². The van der Waals surface area contributed by atoms with E-state index in [-0.39, 0.29) is 16.8 Å². The molecule has 2 rings (SSSR count). The first-order valence-corrected chi connectivity index (χ1v) is 14.7. The molecule has 0 aliphatic heterocycles. The van der Waals surface area contributed by atoms with Crippen LogP contribution in [0.25, 0.3) is 0 Å². The summed E-state index contributed by atoms with van der Waals surface area (Å²) in [4.78, 5) is 12.7. The van der Waals surface area contributed by atoms with Gasteiger partial charge in [0.2, 0.25) is 0 Å². The Morgan fingerprint density at radius 1 is 1.21 bits per heavy atom. The number of halogens is 4. The molecule has 2 aromatic rings. The average Bonchev–Trinajstić information content (AvgIpc) is 2.68. The second-order valence-corrected chi connectivity index (χ2v) is 15.7. The zero-order chi connectivity index (χ0) is 25.9. The number of nitrogens with one attached hydrogen (secondary N) is 2. The molecule has 1 amide bonds. The number of ether oxygens (including phenoxy) is 1. The Balaban J connectivity index is 2.05. The minimum Gasteiger partial charge on any atom is -0.420 e. The van der Waals surface area contributed by atoms with E-state index in [1.54, 1.807) is 12.1 Å². The molecule has 1 unspecified atom stereocenters. The van der Waals surface area contributed by atoms with Crippen molar-refractivity contribution >= 4 is 58.8 Å². The molecule has 0 aliphatic carbocycles. The van der Waals surface area contributed by atoms with Crippen molar-refractivity contribution in [2.45, 2.75) is 57.4 Å². The molecule has 1 atom stereocenters. The van der Waals surface area contributed by atoms with Gasteiger partial charge in [-0.2, -0.15) is 0 Å². The molecule has 6 nitrogen and oxygen atoms in total. The molecule has 0 saturated carbocycles. The molecule has 0 fully saturated rings. The van der Waals surface area contributed by atoms with Gasteiger partial charge >= 0.3 is 5.57 Å². The number of alkyl halides is 3. The predicted octanol–water partition coefficient (Wildman–Crippen LogP) is 7.27. The lowest BCUT2D eigenvalue weighted by Crippen LogP contribution is -2.43. The fourth-order valence-electron chi connectivity index (χ4n) is 2.69. The summed E-state index contributed by atoms with van der Waals surface area (Å²) in [6.45, 7) is 13.5. The van der Waals surface area contributed by atoms with Crippen molar-refractivity contribution in [2.24, 2.45) is 0 Å². The van der Waals surface area contributed by atoms with Crippen LogP contribution < -0.4 is 21.1 Å². The maximum atomic E-state index is 12.7. The largest absolute Gasteiger partial charge is 0.487 e. The number of rotatable bonds is 9. The SMILES string of the molecule is CC(CO[Si](C)(C)C(C)(C)C)Nc1c(N)cc(C(=O)Nc2ccc(OC(F)(F)Cl)cc2)cc1Br. The smallest absolute Gasteiger partial charge is 0.420 e. The van der Waals surface area contributed by atoms with E-state index in [2.05, 4.69) is 65.2 Å². The molecule has 0 saturated heterocycles. The summed E-state index contributed by atoms with van der Waals surface area (Å²) in [6, 6.07) is 8.61. The minimum absolute atomic E-state index is 0.00602. The third-order valence-electron chi connectivity index (χ3n) is 5.62. The highest BCUT2D eigenvalue weighted by atomic mass is 79.9. The highest BCUT2D eigenvalue weighted by molar-refractivity contribution is 9.10. The Labute approximate surface area is 213 Å². The van der Waals surface area contributed by atoms with Crippen molar-refractivity contribution in [3.05, 3.63) is 46.4 Å². The highest BCUT2D eigenvalue weighted by Gasteiger charge is 2.37. The number of nitrogens with two attached hydrogens (primary N) is 1. The Morgan fingerprint density at radius 2 is 1.79 bits per heavy atom. The van der Waals surface area contributed by atoms with Gasteiger partial charge in [-0.1, -0.05) is 20.8 Å². The summed E-state index contributed by atoms with van der Waals surface area (Å²) < 4.78 is 36.6. The lowest BCUT2D eigenvalue weighted by Gasteiger charge is -2.37. The molecule has 0 spiro atoms. The summed E-state index contributed by atoms with van der Waals surface area (Å²) in [5, 5.41) is 6.15. The van der Waals surface area contributed by atoms with Gasteiger partial charge in [-0.25, -0.2) is 0 Å². The Morgan fingerprint density at radius 3 is 2.29 bits per heavy atom. The van der Waals surface area contributed by atoms with Crippen molar-refractivity contribution in [3.63, 3.8) is 0 Å². The first-order chi connectivity index (χ1) is 15.5. The summed E-state index contributed by atoms with van der Waals surface area (Å²) in [6.07, 6.45) is 0. The Bertz CT molecular complexity index is 989. The van der Waals surface area contributed by atoms with E-state index in [4.69, 9.17) is 21.8 Å². The van der Waals surface area contributed by atoms with Crippen LogP contribution in [0.5, 0.6) is 5.75 Å². The van der Waals surface area contributed by atoms with Gasteiger partial charge in [0.15, 0.2) is 8.32 Å². The quantitative estimate of drug-likeness (QED) is 0.165. The van der Waals surface area contributed by atoms with Crippen molar-refractivity contribution in [1.29, 1.82) is 0 Å². The van der Waals surface area contributed by atoms with Gasteiger partial charge in [0, 0.05) is 33.4 Å². The first-order valence-electron chi connectivity index (χ1n) is 10.7. The van der Waals surface area contributed by atoms with Crippen molar-refractivity contribution in [1.82, 2.24) is 0 Å². The monoisotopic (exact) mass is 577 g/mol. The summed E-state index contributed by atoms with van der Waals surface area (Å²) >= 11 is 8.23. The van der Waals surface area contributed by atoms with Gasteiger partial charge in [-0.3, -0.25) is 4.79 Å². The van der Waals surface area contributed by atoms with Crippen LogP contribution in [-0.4, -0.2) is 32.4 Å². The number of hydrogen-bond donors (Lipinski definition) is 3. The van der Waals surface area contributed by atoms with Crippen LogP contribution in [0, 0.1) is 0 Å². The molecule has 11 heteroatoms. The van der Waals surface area contributed by atoms with Crippen LogP contribution in [0.1, 0.15) is 38.1 Å². The molecule has 0 aromatic heterocycles. The first kappa shape index (κ1) is 28.4. The molecule has 2 aromatic carbocycles. The number of carbonyl (C=O) groups is 1. The van der Waals surface area contributed by atoms with Crippen LogP contribution in [0.15, 0.2) is 40.9 Å². The fraction of sp³-hybridized carbons (Fsp3) is 0.435. The van der Waals surface area contributed by atoms with Crippen molar-refractivity contribution in [2.75, 3.05) is 23.0 Å². The minimum atomic E-state index is -3.81. The van der Waals surface area contributed by atoms with E-state index < -0.39 is 19.8 Å². The van der Waals surface area contributed by atoms with Gasteiger partial charge in [0.05, 0.1) is 18.0 Å². The second-order valence-electron chi connectivity index (χ2n) is 9.57. The van der Waals surface area contributed by atoms with Gasteiger partial charge in [0.1, 0.15) is 5.75 Å². The van der Waals surface area contributed by atoms with E-state index in [0.29, 0.717) is 33.7 Å². The maximum absolute atomic E-state index is 12.7. The van der Waals surface area contributed by atoms with Gasteiger partial charge in [-0.05, 0) is 77.4 Å². The normalized spacial score (nSPS) is 13.4. The van der Waals surface area contributed by atoms with Gasteiger partial charge < -0.3 is 25.5 Å². The van der Waals surface area contributed by atoms with Crippen LogP contribution in [-0.2, 0) is 4.43 Å². The summed E-state index contributed by atoms with van der Waals surface area (Å²) in [5.74, 6) is -0.545. The van der Waals surface area contributed by atoms with E-state index >= 15 is 0 Å². The molecule has 0 aliphatic rings. The third-order valence-corrected chi connectivity index (χ3v) is 10.8. The lowest BCUT2D eigenvalue weighted by atomic mass is 10.1. The standard InChI is InChI=1S/C23H31BrClF2N3O3Si/c1-14(13-32-34(5,6)22(2,3)4)29-20-18(24)11-15(12-19(20)28)21(31)30-16-7-9-17(10-8-16)33-23(25,26)27/h7-12,14,29H,13,28H2,1-6H3,(H,30,31). The van der Waals surface area contributed by atoms with Crippen LogP contribution in [0.4, 0.5) is 25.8 Å². The fourth-order valence-corrected chi connectivity index (χ4v) is 4.47. The van der Waals surface area contributed by atoms with Crippen LogP contribution >= 0.6 is 27.5 Å². The van der Waals surface area contributed by atoms with Crippen molar-refractivity contribution in [3.8, 4) is 5.75 Å². The van der Waals surface area contributed by atoms with E-state index in [9.17, 15) is 13.6 Å². The van der Waals surface area contributed by atoms with Crippen molar-refractivity contribution < 1.29 is 22.7 Å². The molecule has 0 heterocycles. The number of anilines is 3. The molecule has 188 valence electrons. The molecular weight excluding hydrogens is 548 g/mol. The molecule has 4 N–H and O–H groups in total. The number of carbonyl (C=O) groups excluding carboxylic acids is 1. The predicted molar refractivity (Wildman–Crippen MR) is 141 cm³/mol. The molecule has 34 heavy (non-hydrogen) atoms. The van der Waals surface area contributed by atoms with E-state index in [0.717, 1.165) is 0 Å². The average molecular weight is 579 g/mol. The molecule has 0 radical (unpaired) electrons. The lowest BCUT2D eigenvalue weighted by molar-refractivity contribution is -0.0964. The number of hydrogen-bond acceptors (Lipinski definition) is 5. The third kappa shape index (κ3) is 8.11. The maximum Gasteiger partial charge on any atom is 0.487 e. The zero-order valence-electron chi connectivity index (χ0n) is 20.1. The van der Waals surface area contributed by atoms with Crippen LogP contribution in [0.2, 0.25) is 18.1 Å². The Hall–Kier alpha value is -1.88. The zero-order valence-corrected chi connectivity index (χ0v) is 23.4. The summed E-state index contributed by atoms with van der Waals surface area (Å²) in [5.41, 5.74) is 4.21. The number of nitrogen functional groups attached to an aromatic ring is 1. The van der Waals surface area contributed by atoms with E-state index in [1.165, 1.54) is 24.3 Å².